The third-order valence-corrected chi connectivity index (χ3v) is 4.58. The average Bonchev–Trinajstić information content (AvgIpc) is 3.15. The lowest BCUT2D eigenvalue weighted by Crippen LogP contribution is -2.45. The van der Waals surface area contributed by atoms with Crippen molar-refractivity contribution < 1.29 is 9.53 Å². The number of aryl methyl sites for hydroxylation is 1. The first kappa shape index (κ1) is 20.6. The number of carbonyl (C=O) groups is 1. The standard InChI is InChI=1S/C23H28N4O2/c1-17-8-10-21(11-9-17)29-18(2)13-25-23(28)22(24)12-20-15-27(16-26-20)14-19-6-4-3-5-7-19/h3-11,15-16,18,22H,12-14,24H2,1-2H3,(H,25,28)/t18?,22-/m0/s1. The third-order valence-electron chi connectivity index (χ3n) is 4.58. The van der Waals surface area contributed by atoms with Crippen LogP contribution in [-0.4, -0.2) is 34.1 Å². The van der Waals surface area contributed by atoms with Crippen LogP contribution >= 0.6 is 0 Å². The summed E-state index contributed by atoms with van der Waals surface area (Å²) < 4.78 is 7.80. The number of nitrogens with zero attached hydrogens (tertiary/aromatic N) is 2. The molecule has 1 aromatic heterocycles. The smallest absolute Gasteiger partial charge is 0.237 e. The van der Waals surface area contributed by atoms with Gasteiger partial charge in [-0.2, -0.15) is 0 Å². The minimum atomic E-state index is -0.651. The molecule has 0 saturated carbocycles. The summed E-state index contributed by atoms with van der Waals surface area (Å²) in [6, 6.07) is 17.3. The molecule has 1 heterocycles. The van der Waals surface area contributed by atoms with E-state index in [4.69, 9.17) is 10.5 Å². The van der Waals surface area contributed by atoms with Crippen LogP contribution in [0.15, 0.2) is 67.1 Å². The van der Waals surface area contributed by atoms with E-state index in [2.05, 4.69) is 22.4 Å². The maximum atomic E-state index is 12.3. The molecule has 0 fully saturated rings. The molecule has 1 amide bonds. The summed E-state index contributed by atoms with van der Waals surface area (Å²) in [4.78, 5) is 16.7. The van der Waals surface area contributed by atoms with Crippen molar-refractivity contribution in [1.82, 2.24) is 14.9 Å². The molecule has 0 bridgehead atoms. The minimum absolute atomic E-state index is 0.154. The number of nitrogens with two attached hydrogens (primary N) is 1. The highest BCUT2D eigenvalue weighted by Crippen LogP contribution is 2.13. The summed E-state index contributed by atoms with van der Waals surface area (Å²) in [5.74, 6) is 0.576. The molecular weight excluding hydrogens is 364 g/mol. The van der Waals surface area contributed by atoms with Crippen molar-refractivity contribution in [2.24, 2.45) is 5.73 Å². The van der Waals surface area contributed by atoms with E-state index < -0.39 is 6.04 Å². The summed E-state index contributed by atoms with van der Waals surface area (Å²) in [5.41, 5.74) is 9.23. The van der Waals surface area contributed by atoms with Gasteiger partial charge in [-0.3, -0.25) is 4.79 Å². The van der Waals surface area contributed by atoms with E-state index in [9.17, 15) is 4.79 Å². The molecule has 1 unspecified atom stereocenters. The molecule has 3 N–H and O–H groups in total. The van der Waals surface area contributed by atoms with Crippen molar-refractivity contribution in [2.45, 2.75) is 39.0 Å². The number of rotatable bonds is 9. The van der Waals surface area contributed by atoms with Gasteiger partial charge in [0.2, 0.25) is 5.91 Å². The molecule has 0 saturated heterocycles. The molecule has 152 valence electrons. The summed E-state index contributed by atoms with van der Waals surface area (Å²) in [6.07, 6.45) is 3.94. The molecule has 0 aliphatic heterocycles. The van der Waals surface area contributed by atoms with Gasteiger partial charge in [0.25, 0.3) is 0 Å². The van der Waals surface area contributed by atoms with E-state index in [0.717, 1.165) is 18.0 Å². The Bertz CT molecular complexity index is 906. The van der Waals surface area contributed by atoms with Gasteiger partial charge in [0.05, 0.1) is 24.6 Å². The van der Waals surface area contributed by atoms with Gasteiger partial charge in [0, 0.05) is 19.2 Å². The quantitative estimate of drug-likeness (QED) is 0.587. The fourth-order valence-corrected chi connectivity index (χ4v) is 2.98. The Morgan fingerprint density at radius 2 is 1.90 bits per heavy atom. The number of amides is 1. The number of hydrogen-bond acceptors (Lipinski definition) is 4. The molecule has 2 aromatic carbocycles. The predicted octanol–water partition coefficient (Wildman–Crippen LogP) is 2.69. The number of benzene rings is 2. The molecule has 2 atom stereocenters. The van der Waals surface area contributed by atoms with Gasteiger partial charge in [-0.25, -0.2) is 4.98 Å². The van der Waals surface area contributed by atoms with Gasteiger partial charge in [0.15, 0.2) is 0 Å². The largest absolute Gasteiger partial charge is 0.489 e. The summed E-state index contributed by atoms with van der Waals surface area (Å²) in [5, 5.41) is 2.86. The highest BCUT2D eigenvalue weighted by Gasteiger charge is 2.16. The highest BCUT2D eigenvalue weighted by atomic mass is 16.5. The SMILES string of the molecule is Cc1ccc(OC(C)CNC(=O)[C@@H](N)Cc2cn(Cc3ccccc3)cn2)cc1. The van der Waals surface area contributed by atoms with Crippen molar-refractivity contribution in [3.63, 3.8) is 0 Å². The first-order valence-electron chi connectivity index (χ1n) is 9.81. The van der Waals surface area contributed by atoms with Gasteiger partial charge in [0.1, 0.15) is 11.9 Å². The summed E-state index contributed by atoms with van der Waals surface area (Å²) in [7, 11) is 0. The van der Waals surface area contributed by atoms with Gasteiger partial charge in [-0.05, 0) is 31.5 Å². The molecule has 0 aliphatic rings. The zero-order valence-corrected chi connectivity index (χ0v) is 16.9. The van der Waals surface area contributed by atoms with E-state index in [1.807, 2.05) is 67.1 Å². The lowest BCUT2D eigenvalue weighted by atomic mass is 10.1. The van der Waals surface area contributed by atoms with Crippen LogP contribution in [0.3, 0.4) is 0 Å². The Morgan fingerprint density at radius 3 is 2.62 bits per heavy atom. The molecular formula is C23H28N4O2. The van der Waals surface area contributed by atoms with Crippen LogP contribution in [-0.2, 0) is 17.8 Å². The van der Waals surface area contributed by atoms with Crippen LogP contribution in [0.2, 0.25) is 0 Å². The van der Waals surface area contributed by atoms with Crippen molar-refractivity contribution in [1.29, 1.82) is 0 Å². The highest BCUT2D eigenvalue weighted by molar-refractivity contribution is 5.81. The van der Waals surface area contributed by atoms with E-state index in [1.54, 1.807) is 6.33 Å². The van der Waals surface area contributed by atoms with Gasteiger partial charge >= 0.3 is 0 Å². The summed E-state index contributed by atoms with van der Waals surface area (Å²) >= 11 is 0. The fraction of sp³-hybridized carbons (Fsp3) is 0.304. The lowest BCUT2D eigenvalue weighted by molar-refractivity contribution is -0.122. The average molecular weight is 393 g/mol. The second kappa shape index (κ2) is 9.89. The van der Waals surface area contributed by atoms with Crippen LogP contribution in [0.1, 0.15) is 23.7 Å². The zero-order valence-electron chi connectivity index (χ0n) is 16.9. The molecule has 0 aliphatic carbocycles. The normalized spacial score (nSPS) is 12.9. The van der Waals surface area contributed by atoms with Crippen LogP contribution in [0, 0.1) is 6.92 Å². The summed E-state index contributed by atoms with van der Waals surface area (Å²) in [6.45, 7) is 5.07. The third kappa shape index (κ3) is 6.47. The van der Waals surface area contributed by atoms with Gasteiger partial charge in [-0.1, -0.05) is 48.0 Å². The lowest BCUT2D eigenvalue weighted by Gasteiger charge is -2.17. The van der Waals surface area contributed by atoms with Crippen molar-refractivity contribution in [3.05, 3.63) is 83.9 Å². The molecule has 0 radical (unpaired) electrons. The first-order valence-corrected chi connectivity index (χ1v) is 9.81. The predicted molar refractivity (Wildman–Crippen MR) is 114 cm³/mol. The van der Waals surface area contributed by atoms with E-state index >= 15 is 0 Å². The number of carbonyl (C=O) groups excluding carboxylic acids is 1. The van der Waals surface area contributed by atoms with Crippen LogP contribution in [0.25, 0.3) is 0 Å². The van der Waals surface area contributed by atoms with E-state index in [1.165, 1.54) is 11.1 Å². The Kier molecular flexibility index (Phi) is 7.03. The first-order chi connectivity index (χ1) is 14.0. The number of ether oxygens (including phenoxy) is 1. The Morgan fingerprint density at radius 1 is 1.17 bits per heavy atom. The van der Waals surface area contributed by atoms with Crippen LogP contribution in [0.5, 0.6) is 5.75 Å². The molecule has 0 spiro atoms. The second-order valence-electron chi connectivity index (χ2n) is 7.32. The van der Waals surface area contributed by atoms with Gasteiger partial charge < -0.3 is 20.4 Å². The minimum Gasteiger partial charge on any atom is -0.489 e. The van der Waals surface area contributed by atoms with Crippen molar-refractivity contribution in [2.75, 3.05) is 6.54 Å². The second-order valence-corrected chi connectivity index (χ2v) is 7.32. The molecule has 29 heavy (non-hydrogen) atoms. The Balaban J connectivity index is 1.43. The molecule has 6 heteroatoms. The number of imidazole rings is 1. The molecule has 3 rings (SSSR count). The van der Waals surface area contributed by atoms with Crippen LogP contribution < -0.4 is 15.8 Å². The maximum absolute atomic E-state index is 12.3. The number of hydrogen-bond donors (Lipinski definition) is 2. The maximum Gasteiger partial charge on any atom is 0.237 e. The monoisotopic (exact) mass is 392 g/mol. The van der Waals surface area contributed by atoms with Crippen molar-refractivity contribution in [3.8, 4) is 5.75 Å². The molecule has 3 aromatic rings. The Hall–Kier alpha value is -3.12. The fourth-order valence-electron chi connectivity index (χ4n) is 2.98. The number of aromatic nitrogens is 2. The molecule has 6 nitrogen and oxygen atoms in total. The number of nitrogens with one attached hydrogen (secondary N) is 1. The van der Waals surface area contributed by atoms with E-state index in [0.29, 0.717) is 13.0 Å². The van der Waals surface area contributed by atoms with Gasteiger partial charge in [-0.15, -0.1) is 0 Å². The Labute approximate surface area is 171 Å². The topological polar surface area (TPSA) is 82.2 Å². The van der Waals surface area contributed by atoms with E-state index in [-0.39, 0.29) is 12.0 Å². The van der Waals surface area contributed by atoms with Crippen molar-refractivity contribution >= 4 is 5.91 Å². The van der Waals surface area contributed by atoms with Crippen LogP contribution in [0.4, 0.5) is 0 Å². The zero-order chi connectivity index (χ0) is 20.6.